The van der Waals surface area contributed by atoms with E-state index in [4.69, 9.17) is 10.9 Å². The van der Waals surface area contributed by atoms with Gasteiger partial charge in [-0.25, -0.2) is 4.98 Å². The Morgan fingerprint density at radius 3 is 3.06 bits per heavy atom. The summed E-state index contributed by atoms with van der Waals surface area (Å²) >= 11 is 5.15. The molecule has 0 aromatic carbocycles. The topological polar surface area (TPSA) is 71.5 Å². The first kappa shape index (κ1) is 13.3. The highest BCUT2D eigenvalue weighted by atomic mass is 79.9. The predicted octanol–water partition coefficient (Wildman–Crippen LogP) is 2.85. The molecule has 0 atom stereocenters. The third kappa shape index (κ3) is 4.85. The SMILES string of the molecule is NC(CCCCSc1ncccc1Br)=NO. The van der Waals surface area contributed by atoms with Crippen LogP contribution in [0.1, 0.15) is 19.3 Å². The highest BCUT2D eigenvalue weighted by Gasteiger charge is 2.00. The minimum Gasteiger partial charge on any atom is -0.409 e. The van der Waals surface area contributed by atoms with Crippen molar-refractivity contribution in [1.82, 2.24) is 4.98 Å². The number of thioether (sulfide) groups is 1. The van der Waals surface area contributed by atoms with Crippen LogP contribution in [0.5, 0.6) is 0 Å². The quantitative estimate of drug-likeness (QED) is 0.212. The standard InChI is InChI=1S/C10H14BrN3OS/c11-8-4-3-6-13-10(8)16-7-2-1-5-9(12)14-15/h3-4,6,15H,1-2,5,7H2,(H2,12,14). The number of unbranched alkanes of at least 4 members (excludes halogenated alkanes) is 1. The second-order valence-electron chi connectivity index (χ2n) is 3.19. The maximum absolute atomic E-state index is 8.35. The Balaban J connectivity index is 2.19. The van der Waals surface area contributed by atoms with Gasteiger partial charge in [-0.15, -0.1) is 11.8 Å². The molecule has 0 amide bonds. The molecule has 0 fully saturated rings. The van der Waals surface area contributed by atoms with Crippen LogP contribution in [0, 0.1) is 0 Å². The second kappa shape index (κ2) is 7.51. The largest absolute Gasteiger partial charge is 0.409 e. The maximum atomic E-state index is 8.35. The van der Waals surface area contributed by atoms with E-state index in [1.54, 1.807) is 18.0 Å². The van der Waals surface area contributed by atoms with Crippen LogP contribution in [-0.2, 0) is 0 Å². The Hall–Kier alpha value is -0.750. The van der Waals surface area contributed by atoms with Crippen molar-refractivity contribution in [2.45, 2.75) is 24.3 Å². The molecule has 1 rings (SSSR count). The number of nitrogens with zero attached hydrogens (tertiary/aromatic N) is 2. The predicted molar refractivity (Wildman–Crippen MR) is 69.9 cm³/mol. The molecule has 0 spiro atoms. The van der Waals surface area contributed by atoms with Crippen LogP contribution in [0.25, 0.3) is 0 Å². The summed E-state index contributed by atoms with van der Waals surface area (Å²) in [5.41, 5.74) is 5.36. The van der Waals surface area contributed by atoms with E-state index in [0.717, 1.165) is 28.1 Å². The average molecular weight is 304 g/mol. The summed E-state index contributed by atoms with van der Waals surface area (Å²) in [6, 6.07) is 3.87. The van der Waals surface area contributed by atoms with E-state index in [2.05, 4.69) is 26.1 Å². The van der Waals surface area contributed by atoms with E-state index in [9.17, 15) is 0 Å². The van der Waals surface area contributed by atoms with Crippen molar-refractivity contribution in [2.75, 3.05) is 5.75 Å². The summed E-state index contributed by atoms with van der Waals surface area (Å²) < 4.78 is 1.02. The van der Waals surface area contributed by atoms with Crippen LogP contribution in [0.3, 0.4) is 0 Å². The molecule has 0 aliphatic rings. The van der Waals surface area contributed by atoms with Crippen molar-refractivity contribution in [3.63, 3.8) is 0 Å². The third-order valence-corrected chi connectivity index (χ3v) is 3.91. The highest BCUT2D eigenvalue weighted by Crippen LogP contribution is 2.25. The fourth-order valence-corrected chi connectivity index (χ4v) is 2.59. The van der Waals surface area contributed by atoms with Crippen LogP contribution in [0.2, 0.25) is 0 Å². The lowest BCUT2D eigenvalue weighted by Gasteiger charge is -2.02. The molecule has 0 aliphatic carbocycles. The number of aromatic nitrogens is 1. The first-order valence-electron chi connectivity index (χ1n) is 4.93. The van der Waals surface area contributed by atoms with Gasteiger partial charge in [0.2, 0.25) is 0 Å². The van der Waals surface area contributed by atoms with Gasteiger partial charge in [0, 0.05) is 17.1 Å². The zero-order valence-corrected chi connectivity index (χ0v) is 11.2. The first-order valence-corrected chi connectivity index (χ1v) is 6.71. The van der Waals surface area contributed by atoms with Crippen LogP contribution >= 0.6 is 27.7 Å². The lowest BCUT2D eigenvalue weighted by atomic mass is 10.2. The zero-order chi connectivity index (χ0) is 11.8. The highest BCUT2D eigenvalue weighted by molar-refractivity contribution is 9.10. The van der Waals surface area contributed by atoms with E-state index in [-0.39, 0.29) is 0 Å². The maximum Gasteiger partial charge on any atom is 0.139 e. The number of rotatable bonds is 6. The summed E-state index contributed by atoms with van der Waals surface area (Å²) in [6.07, 6.45) is 4.36. The van der Waals surface area contributed by atoms with Gasteiger partial charge in [-0.05, 0) is 46.7 Å². The van der Waals surface area contributed by atoms with Gasteiger partial charge in [-0.2, -0.15) is 0 Å². The minimum absolute atomic E-state index is 0.295. The normalized spacial score (nSPS) is 11.7. The molecule has 88 valence electrons. The number of pyridine rings is 1. The third-order valence-electron chi connectivity index (χ3n) is 1.92. The number of amidine groups is 1. The van der Waals surface area contributed by atoms with Gasteiger partial charge in [0.15, 0.2) is 0 Å². The molecule has 1 aromatic rings. The molecule has 0 saturated heterocycles. The summed E-state index contributed by atoms with van der Waals surface area (Å²) in [6.45, 7) is 0. The molecule has 4 nitrogen and oxygen atoms in total. The molecule has 0 bridgehead atoms. The number of nitrogens with two attached hydrogens (primary N) is 1. The van der Waals surface area contributed by atoms with E-state index >= 15 is 0 Å². The molecule has 6 heteroatoms. The monoisotopic (exact) mass is 303 g/mol. The summed E-state index contributed by atoms with van der Waals surface area (Å²) in [4.78, 5) is 4.25. The molecule has 0 unspecified atom stereocenters. The van der Waals surface area contributed by atoms with E-state index < -0.39 is 0 Å². The van der Waals surface area contributed by atoms with Crippen molar-refractivity contribution in [3.05, 3.63) is 22.8 Å². The van der Waals surface area contributed by atoms with Gasteiger partial charge in [0.05, 0.1) is 0 Å². The van der Waals surface area contributed by atoms with E-state index in [1.807, 2.05) is 12.1 Å². The van der Waals surface area contributed by atoms with Crippen LogP contribution in [0.15, 0.2) is 33.0 Å². The summed E-state index contributed by atoms with van der Waals surface area (Å²) in [7, 11) is 0. The average Bonchev–Trinajstić information content (AvgIpc) is 2.30. The van der Waals surface area contributed by atoms with Gasteiger partial charge in [-0.3, -0.25) is 0 Å². The molecule has 1 heterocycles. The molecule has 0 radical (unpaired) electrons. The molecular weight excluding hydrogens is 290 g/mol. The minimum atomic E-state index is 0.295. The van der Waals surface area contributed by atoms with E-state index in [0.29, 0.717) is 12.3 Å². The van der Waals surface area contributed by atoms with Crippen molar-refractivity contribution >= 4 is 33.5 Å². The number of halogens is 1. The molecule has 0 aliphatic heterocycles. The van der Waals surface area contributed by atoms with Gasteiger partial charge in [-0.1, -0.05) is 5.16 Å². The van der Waals surface area contributed by atoms with Crippen LogP contribution in [-0.4, -0.2) is 21.8 Å². The van der Waals surface area contributed by atoms with Gasteiger partial charge >= 0.3 is 0 Å². The Morgan fingerprint density at radius 1 is 1.56 bits per heavy atom. The molecular formula is C10H14BrN3OS. The summed E-state index contributed by atoms with van der Waals surface area (Å²) in [5.74, 6) is 1.28. The number of oxime groups is 1. The Labute approximate surface area is 107 Å². The van der Waals surface area contributed by atoms with E-state index in [1.165, 1.54) is 0 Å². The van der Waals surface area contributed by atoms with Crippen LogP contribution in [0.4, 0.5) is 0 Å². The first-order chi connectivity index (χ1) is 7.74. The fraction of sp³-hybridized carbons (Fsp3) is 0.400. The van der Waals surface area contributed by atoms with Crippen molar-refractivity contribution in [2.24, 2.45) is 10.9 Å². The van der Waals surface area contributed by atoms with Gasteiger partial charge < -0.3 is 10.9 Å². The van der Waals surface area contributed by atoms with Crippen LogP contribution < -0.4 is 5.73 Å². The molecule has 1 aromatic heterocycles. The fourth-order valence-electron chi connectivity index (χ4n) is 1.10. The molecule has 3 N–H and O–H groups in total. The molecule has 16 heavy (non-hydrogen) atoms. The van der Waals surface area contributed by atoms with Gasteiger partial charge in [0.25, 0.3) is 0 Å². The van der Waals surface area contributed by atoms with Crippen molar-refractivity contribution in [1.29, 1.82) is 0 Å². The Bertz CT molecular complexity index is 360. The smallest absolute Gasteiger partial charge is 0.139 e. The number of hydrogen-bond acceptors (Lipinski definition) is 4. The van der Waals surface area contributed by atoms with Gasteiger partial charge in [0.1, 0.15) is 10.9 Å². The Morgan fingerprint density at radius 2 is 2.38 bits per heavy atom. The molecule has 0 saturated carbocycles. The number of hydrogen-bond donors (Lipinski definition) is 2. The van der Waals surface area contributed by atoms with Crippen molar-refractivity contribution < 1.29 is 5.21 Å². The second-order valence-corrected chi connectivity index (χ2v) is 5.13. The zero-order valence-electron chi connectivity index (χ0n) is 8.77. The Kier molecular flexibility index (Phi) is 6.25. The lowest BCUT2D eigenvalue weighted by molar-refractivity contribution is 0.316. The lowest BCUT2D eigenvalue weighted by Crippen LogP contribution is -2.10. The summed E-state index contributed by atoms with van der Waals surface area (Å²) in [5, 5.41) is 12.3. The van der Waals surface area contributed by atoms with Crippen molar-refractivity contribution in [3.8, 4) is 0 Å².